The van der Waals surface area contributed by atoms with E-state index < -0.39 is 18.3 Å². The average molecular weight is 295 g/mol. The molecular formula is C13H24F3N3O. The molecule has 2 atom stereocenters. The monoisotopic (exact) mass is 295 g/mol. The standard InChI is InChI=1S/C13H24F3N3O/c1-9(2)8-11(17)12(20)19-6-4-18(5-7-19)10(3)13(14,15)16/h9-11H,4-8,17H2,1-3H3/t10?,11-/m0/s1. The minimum absolute atomic E-state index is 0.155. The number of rotatable bonds is 4. The zero-order chi connectivity index (χ0) is 15.5. The highest BCUT2D eigenvalue weighted by molar-refractivity contribution is 5.81. The van der Waals surface area contributed by atoms with Crippen LogP contribution in [0, 0.1) is 5.92 Å². The predicted molar refractivity (Wildman–Crippen MR) is 71.1 cm³/mol. The fourth-order valence-electron chi connectivity index (χ4n) is 2.38. The second-order valence-corrected chi connectivity index (χ2v) is 5.81. The fraction of sp³-hybridized carbons (Fsp3) is 0.923. The van der Waals surface area contributed by atoms with Crippen molar-refractivity contribution in [2.45, 2.75) is 45.5 Å². The summed E-state index contributed by atoms with van der Waals surface area (Å²) in [5.74, 6) is 0.165. The third-order valence-corrected chi connectivity index (χ3v) is 3.69. The fourth-order valence-corrected chi connectivity index (χ4v) is 2.38. The topological polar surface area (TPSA) is 49.6 Å². The summed E-state index contributed by atoms with van der Waals surface area (Å²) in [6.07, 6.45) is -3.63. The molecule has 0 aromatic carbocycles. The van der Waals surface area contributed by atoms with E-state index in [2.05, 4.69) is 0 Å². The lowest BCUT2D eigenvalue weighted by Crippen LogP contribution is -2.57. The van der Waals surface area contributed by atoms with Crippen LogP contribution in [-0.4, -0.2) is 60.1 Å². The summed E-state index contributed by atoms with van der Waals surface area (Å²) < 4.78 is 37.9. The molecule has 2 N–H and O–H groups in total. The van der Waals surface area contributed by atoms with Crippen molar-refractivity contribution < 1.29 is 18.0 Å². The zero-order valence-electron chi connectivity index (χ0n) is 12.3. The molecule has 0 spiro atoms. The van der Waals surface area contributed by atoms with Gasteiger partial charge in [0.2, 0.25) is 5.91 Å². The first-order chi connectivity index (χ1) is 9.12. The number of nitrogens with two attached hydrogens (primary N) is 1. The first kappa shape index (κ1) is 17.2. The Kier molecular flexibility index (Phi) is 5.82. The summed E-state index contributed by atoms with van der Waals surface area (Å²) in [5.41, 5.74) is 5.83. The van der Waals surface area contributed by atoms with E-state index in [4.69, 9.17) is 5.73 Å². The van der Waals surface area contributed by atoms with Gasteiger partial charge in [-0.25, -0.2) is 0 Å². The van der Waals surface area contributed by atoms with E-state index in [-0.39, 0.29) is 19.0 Å². The van der Waals surface area contributed by atoms with Crippen LogP contribution in [0.15, 0.2) is 0 Å². The first-order valence-corrected chi connectivity index (χ1v) is 6.98. The smallest absolute Gasteiger partial charge is 0.339 e. The van der Waals surface area contributed by atoms with E-state index in [0.717, 1.165) is 6.92 Å². The lowest BCUT2D eigenvalue weighted by atomic mass is 10.0. The van der Waals surface area contributed by atoms with E-state index in [9.17, 15) is 18.0 Å². The van der Waals surface area contributed by atoms with Crippen molar-refractivity contribution in [3.8, 4) is 0 Å². The second kappa shape index (κ2) is 6.76. The van der Waals surface area contributed by atoms with Gasteiger partial charge in [-0.1, -0.05) is 13.8 Å². The molecule has 0 aromatic heterocycles. The van der Waals surface area contributed by atoms with Gasteiger partial charge in [0.25, 0.3) is 0 Å². The zero-order valence-corrected chi connectivity index (χ0v) is 12.3. The Labute approximate surface area is 118 Å². The van der Waals surface area contributed by atoms with E-state index in [0.29, 0.717) is 25.4 Å². The number of alkyl halides is 3. The number of carbonyl (C=O) groups excluding carboxylic acids is 1. The van der Waals surface area contributed by atoms with Crippen molar-refractivity contribution in [1.29, 1.82) is 0 Å². The number of carbonyl (C=O) groups is 1. The van der Waals surface area contributed by atoms with Gasteiger partial charge in [0.05, 0.1) is 6.04 Å². The number of piperazine rings is 1. The summed E-state index contributed by atoms with van der Waals surface area (Å²) in [6.45, 7) is 6.21. The van der Waals surface area contributed by atoms with Crippen LogP contribution in [-0.2, 0) is 4.79 Å². The predicted octanol–water partition coefficient (Wildman–Crippen LogP) is 1.45. The number of nitrogens with zero attached hydrogens (tertiary/aromatic N) is 2. The summed E-state index contributed by atoms with van der Waals surface area (Å²) in [6, 6.07) is -2.02. The molecule has 1 rings (SSSR count). The minimum atomic E-state index is -4.22. The molecule has 1 amide bonds. The molecular weight excluding hydrogens is 271 g/mol. The van der Waals surface area contributed by atoms with Gasteiger partial charge in [0.15, 0.2) is 0 Å². The van der Waals surface area contributed by atoms with Gasteiger partial charge in [-0.3, -0.25) is 9.69 Å². The van der Waals surface area contributed by atoms with Gasteiger partial charge in [-0.15, -0.1) is 0 Å². The van der Waals surface area contributed by atoms with Crippen LogP contribution < -0.4 is 5.73 Å². The van der Waals surface area contributed by atoms with Gasteiger partial charge in [-0.2, -0.15) is 13.2 Å². The molecule has 1 aliphatic heterocycles. The molecule has 0 radical (unpaired) electrons. The van der Waals surface area contributed by atoms with Crippen LogP contribution in [0.3, 0.4) is 0 Å². The van der Waals surface area contributed by atoms with Crippen LogP contribution in [0.4, 0.5) is 13.2 Å². The maximum absolute atomic E-state index is 12.6. The van der Waals surface area contributed by atoms with Gasteiger partial charge in [-0.05, 0) is 19.3 Å². The molecule has 1 heterocycles. The first-order valence-electron chi connectivity index (χ1n) is 6.98. The highest BCUT2D eigenvalue weighted by Gasteiger charge is 2.41. The molecule has 0 bridgehead atoms. The highest BCUT2D eigenvalue weighted by atomic mass is 19.4. The second-order valence-electron chi connectivity index (χ2n) is 5.81. The van der Waals surface area contributed by atoms with Crippen LogP contribution >= 0.6 is 0 Å². The third-order valence-electron chi connectivity index (χ3n) is 3.69. The van der Waals surface area contributed by atoms with Crippen LogP contribution in [0.5, 0.6) is 0 Å². The molecule has 118 valence electrons. The number of hydrogen-bond acceptors (Lipinski definition) is 3. The van der Waals surface area contributed by atoms with Crippen molar-refractivity contribution in [2.75, 3.05) is 26.2 Å². The molecule has 20 heavy (non-hydrogen) atoms. The van der Waals surface area contributed by atoms with Gasteiger partial charge < -0.3 is 10.6 Å². The summed E-state index contributed by atoms with van der Waals surface area (Å²) in [5, 5.41) is 0. The molecule has 1 aliphatic rings. The largest absolute Gasteiger partial charge is 0.403 e. The van der Waals surface area contributed by atoms with Gasteiger partial charge in [0, 0.05) is 26.2 Å². The van der Waals surface area contributed by atoms with Gasteiger partial charge >= 0.3 is 6.18 Å². The van der Waals surface area contributed by atoms with Crippen molar-refractivity contribution in [2.24, 2.45) is 11.7 Å². The molecule has 4 nitrogen and oxygen atoms in total. The van der Waals surface area contributed by atoms with Crippen molar-refractivity contribution >= 4 is 5.91 Å². The molecule has 7 heteroatoms. The molecule has 0 aliphatic carbocycles. The lowest BCUT2D eigenvalue weighted by molar-refractivity contribution is -0.183. The SMILES string of the molecule is CC(C)C[C@H](N)C(=O)N1CCN(C(C)C(F)(F)F)CC1. The Bertz CT molecular complexity index is 325. The Morgan fingerprint density at radius 1 is 1.15 bits per heavy atom. The average Bonchev–Trinajstić information content (AvgIpc) is 2.35. The highest BCUT2D eigenvalue weighted by Crippen LogP contribution is 2.25. The van der Waals surface area contributed by atoms with E-state index in [1.54, 1.807) is 4.90 Å². The van der Waals surface area contributed by atoms with Crippen molar-refractivity contribution in [3.63, 3.8) is 0 Å². The maximum atomic E-state index is 12.6. The van der Waals surface area contributed by atoms with Gasteiger partial charge in [0.1, 0.15) is 6.04 Å². The van der Waals surface area contributed by atoms with Crippen molar-refractivity contribution in [3.05, 3.63) is 0 Å². The number of hydrogen-bond donors (Lipinski definition) is 1. The quantitative estimate of drug-likeness (QED) is 0.854. The summed E-state index contributed by atoms with van der Waals surface area (Å²) in [7, 11) is 0. The maximum Gasteiger partial charge on any atom is 0.403 e. The molecule has 1 unspecified atom stereocenters. The molecule has 0 aromatic rings. The number of halogens is 3. The normalized spacial score (nSPS) is 21.1. The van der Waals surface area contributed by atoms with Crippen LogP contribution in [0.2, 0.25) is 0 Å². The Morgan fingerprint density at radius 2 is 1.65 bits per heavy atom. The third kappa shape index (κ3) is 4.63. The van der Waals surface area contributed by atoms with Crippen LogP contribution in [0.25, 0.3) is 0 Å². The summed E-state index contributed by atoms with van der Waals surface area (Å²) >= 11 is 0. The van der Waals surface area contributed by atoms with E-state index in [1.807, 2.05) is 13.8 Å². The Hall–Kier alpha value is -0.820. The Balaban J connectivity index is 2.48. The van der Waals surface area contributed by atoms with E-state index in [1.165, 1.54) is 4.90 Å². The molecule has 1 fully saturated rings. The van der Waals surface area contributed by atoms with Crippen molar-refractivity contribution in [1.82, 2.24) is 9.80 Å². The molecule has 1 saturated heterocycles. The molecule has 0 saturated carbocycles. The van der Waals surface area contributed by atoms with Crippen LogP contribution in [0.1, 0.15) is 27.2 Å². The number of amides is 1. The minimum Gasteiger partial charge on any atom is -0.339 e. The van der Waals surface area contributed by atoms with E-state index >= 15 is 0 Å². The Morgan fingerprint density at radius 3 is 2.05 bits per heavy atom. The summed E-state index contributed by atoms with van der Waals surface area (Å²) in [4.78, 5) is 15.0. The lowest BCUT2D eigenvalue weighted by Gasteiger charge is -2.39.